The number of hydrogen-bond acceptors (Lipinski definition) is 4. The van der Waals surface area contributed by atoms with Gasteiger partial charge in [-0.15, -0.1) is 12.3 Å². The van der Waals surface area contributed by atoms with Gasteiger partial charge in [0.15, 0.2) is 0 Å². The molecule has 1 aromatic carbocycles. The molecule has 1 rings (SSSR count). The van der Waals surface area contributed by atoms with Crippen molar-refractivity contribution in [3.63, 3.8) is 0 Å². The van der Waals surface area contributed by atoms with Crippen LogP contribution in [0, 0.1) is 22.5 Å². The van der Waals surface area contributed by atoms with Crippen molar-refractivity contribution in [1.29, 1.82) is 0 Å². The molecule has 1 unspecified atom stereocenters. The number of non-ortho nitro benzene ring substituents is 1. The number of carboxylic acid groups (broad SMARTS) is 1. The minimum atomic E-state index is -2.99. The van der Waals surface area contributed by atoms with Gasteiger partial charge in [0.1, 0.15) is 6.04 Å². The number of alkyl halides is 2. The summed E-state index contributed by atoms with van der Waals surface area (Å²) in [5, 5.41) is 21.8. The van der Waals surface area contributed by atoms with Gasteiger partial charge in [-0.3, -0.25) is 10.1 Å². The summed E-state index contributed by atoms with van der Waals surface area (Å²) < 4.78 is 25.7. The molecule has 1 atom stereocenters. The van der Waals surface area contributed by atoms with Gasteiger partial charge in [-0.05, 0) is 6.07 Å². The van der Waals surface area contributed by atoms with Crippen molar-refractivity contribution in [3.8, 4) is 12.3 Å². The Morgan fingerprint density at radius 1 is 1.55 bits per heavy atom. The first-order chi connectivity index (χ1) is 9.36. The van der Waals surface area contributed by atoms with Crippen molar-refractivity contribution in [1.82, 2.24) is 0 Å². The lowest BCUT2D eigenvalue weighted by Crippen LogP contribution is -2.29. The molecule has 0 spiro atoms. The Morgan fingerprint density at radius 3 is 2.65 bits per heavy atom. The number of nitro groups is 1. The van der Waals surface area contributed by atoms with Crippen LogP contribution >= 0.6 is 0 Å². The normalized spacial score (nSPS) is 11.7. The molecule has 0 heterocycles. The molecule has 1 aromatic rings. The second kappa shape index (κ2) is 6.47. The molecule has 20 heavy (non-hydrogen) atoms. The molecule has 0 fully saturated rings. The molecule has 8 heteroatoms. The number of halogens is 2. The third kappa shape index (κ3) is 3.65. The summed E-state index contributed by atoms with van der Waals surface area (Å²) in [6, 6.07) is 1.48. The van der Waals surface area contributed by atoms with E-state index in [4.69, 9.17) is 11.5 Å². The van der Waals surface area contributed by atoms with Gasteiger partial charge < -0.3 is 10.4 Å². The summed E-state index contributed by atoms with van der Waals surface area (Å²) in [5.41, 5.74) is -1.36. The molecule has 6 nitrogen and oxygen atoms in total. The molecule has 0 amide bonds. The van der Waals surface area contributed by atoms with Gasteiger partial charge in [0.25, 0.3) is 12.1 Å². The van der Waals surface area contributed by atoms with Gasteiger partial charge in [0, 0.05) is 29.8 Å². The average Bonchev–Trinajstić information content (AvgIpc) is 2.37. The number of benzene rings is 1. The summed E-state index contributed by atoms with van der Waals surface area (Å²) in [6.07, 6.45) is 1.79. The third-order valence-electron chi connectivity index (χ3n) is 2.43. The lowest BCUT2D eigenvalue weighted by molar-refractivity contribution is -0.385. The van der Waals surface area contributed by atoms with E-state index < -0.39 is 34.6 Å². The first-order valence-electron chi connectivity index (χ1n) is 5.36. The lowest BCUT2D eigenvalue weighted by atomic mass is 10.1. The molecular formula is C12H10F2N2O4. The van der Waals surface area contributed by atoms with Crippen LogP contribution in [0.2, 0.25) is 0 Å². The standard InChI is InChI=1S/C12H10F2N2O4/c1-2-3-10(12(17)18)15-9-5-4-7(16(19)20)6-8(9)11(13)14/h1,4-6,10-11,15H,3H2,(H,17,18). The molecule has 0 bridgehead atoms. The second-order valence-corrected chi connectivity index (χ2v) is 3.77. The van der Waals surface area contributed by atoms with E-state index in [0.717, 1.165) is 12.1 Å². The maximum absolute atomic E-state index is 12.9. The topological polar surface area (TPSA) is 92.5 Å². The van der Waals surface area contributed by atoms with Gasteiger partial charge >= 0.3 is 5.97 Å². The molecule has 0 aliphatic rings. The van der Waals surface area contributed by atoms with Crippen molar-refractivity contribution in [3.05, 3.63) is 33.9 Å². The van der Waals surface area contributed by atoms with Gasteiger partial charge in [-0.1, -0.05) is 0 Å². The van der Waals surface area contributed by atoms with Crippen LogP contribution in [0.15, 0.2) is 18.2 Å². The molecule has 0 aliphatic carbocycles. The number of carboxylic acids is 1. The number of carbonyl (C=O) groups is 1. The van der Waals surface area contributed by atoms with E-state index in [9.17, 15) is 23.7 Å². The first kappa shape index (κ1) is 15.4. The zero-order chi connectivity index (χ0) is 15.3. The SMILES string of the molecule is C#CCC(Nc1ccc([N+](=O)[O-])cc1C(F)F)C(=O)O. The van der Waals surface area contributed by atoms with E-state index >= 15 is 0 Å². The Labute approximate surface area is 112 Å². The van der Waals surface area contributed by atoms with Crippen LogP contribution in [-0.2, 0) is 4.79 Å². The van der Waals surface area contributed by atoms with E-state index in [1.165, 1.54) is 0 Å². The zero-order valence-electron chi connectivity index (χ0n) is 10.0. The predicted octanol–water partition coefficient (Wildman–Crippen LogP) is 2.42. The van der Waals surface area contributed by atoms with Crippen LogP contribution < -0.4 is 5.32 Å². The van der Waals surface area contributed by atoms with Crippen LogP contribution in [-0.4, -0.2) is 22.0 Å². The number of rotatable bonds is 6. The summed E-state index contributed by atoms with van der Waals surface area (Å²) in [4.78, 5) is 20.6. The van der Waals surface area contributed by atoms with Crippen molar-refractivity contribution in [2.45, 2.75) is 18.9 Å². The highest BCUT2D eigenvalue weighted by Crippen LogP contribution is 2.31. The minimum absolute atomic E-state index is 0.201. The summed E-state index contributed by atoms with van der Waals surface area (Å²) in [5.74, 6) is 0.804. The van der Waals surface area contributed by atoms with Crippen molar-refractivity contribution < 1.29 is 23.6 Å². The van der Waals surface area contributed by atoms with Crippen LogP contribution in [0.4, 0.5) is 20.2 Å². The van der Waals surface area contributed by atoms with Crippen molar-refractivity contribution in [2.75, 3.05) is 5.32 Å². The highest BCUT2D eigenvalue weighted by Gasteiger charge is 2.22. The summed E-state index contributed by atoms with van der Waals surface area (Å²) in [7, 11) is 0. The molecule has 0 radical (unpaired) electrons. The summed E-state index contributed by atoms with van der Waals surface area (Å²) in [6.45, 7) is 0. The van der Waals surface area contributed by atoms with Gasteiger partial charge in [-0.25, -0.2) is 13.6 Å². The smallest absolute Gasteiger partial charge is 0.327 e. The summed E-state index contributed by atoms with van der Waals surface area (Å²) >= 11 is 0. The fourth-order valence-corrected chi connectivity index (χ4v) is 1.48. The van der Waals surface area contributed by atoms with Crippen LogP contribution in [0.3, 0.4) is 0 Å². The Hall–Kier alpha value is -2.69. The van der Waals surface area contributed by atoms with E-state index in [1.54, 1.807) is 0 Å². The van der Waals surface area contributed by atoms with Crippen molar-refractivity contribution >= 4 is 17.3 Å². The number of nitrogens with one attached hydrogen (secondary N) is 1. The highest BCUT2D eigenvalue weighted by molar-refractivity contribution is 5.78. The van der Waals surface area contributed by atoms with Gasteiger partial charge in [0.2, 0.25) is 0 Å². The molecule has 0 saturated heterocycles. The number of hydrogen-bond donors (Lipinski definition) is 2. The fraction of sp³-hybridized carbons (Fsp3) is 0.250. The van der Waals surface area contributed by atoms with Crippen molar-refractivity contribution in [2.24, 2.45) is 0 Å². The number of nitrogens with zero attached hydrogens (tertiary/aromatic N) is 1. The Kier molecular flexibility index (Phi) is 4.97. The lowest BCUT2D eigenvalue weighted by Gasteiger charge is -2.16. The Morgan fingerprint density at radius 2 is 2.20 bits per heavy atom. The largest absolute Gasteiger partial charge is 0.480 e. The average molecular weight is 284 g/mol. The maximum atomic E-state index is 12.9. The quantitative estimate of drug-likeness (QED) is 0.475. The first-order valence-corrected chi connectivity index (χ1v) is 5.36. The Bertz CT molecular complexity index is 569. The number of aliphatic carboxylic acids is 1. The molecule has 106 valence electrons. The monoisotopic (exact) mass is 284 g/mol. The predicted molar refractivity (Wildman–Crippen MR) is 66.5 cm³/mol. The number of anilines is 1. The highest BCUT2D eigenvalue weighted by atomic mass is 19.3. The third-order valence-corrected chi connectivity index (χ3v) is 2.43. The molecular weight excluding hydrogens is 274 g/mol. The molecule has 0 aromatic heterocycles. The fourth-order valence-electron chi connectivity index (χ4n) is 1.48. The maximum Gasteiger partial charge on any atom is 0.327 e. The molecule has 0 aliphatic heterocycles. The van der Waals surface area contributed by atoms with Crippen LogP contribution in [0.5, 0.6) is 0 Å². The molecule has 0 saturated carbocycles. The number of nitro benzene ring substituents is 1. The van der Waals surface area contributed by atoms with E-state index in [2.05, 4.69) is 11.2 Å². The zero-order valence-corrected chi connectivity index (χ0v) is 10.0. The minimum Gasteiger partial charge on any atom is -0.480 e. The van der Waals surface area contributed by atoms with Gasteiger partial charge in [-0.2, -0.15) is 0 Å². The van der Waals surface area contributed by atoms with Crippen LogP contribution in [0.1, 0.15) is 18.4 Å². The van der Waals surface area contributed by atoms with E-state index in [0.29, 0.717) is 6.07 Å². The van der Waals surface area contributed by atoms with Gasteiger partial charge in [0.05, 0.1) is 4.92 Å². The van der Waals surface area contributed by atoms with Crippen LogP contribution in [0.25, 0.3) is 0 Å². The van der Waals surface area contributed by atoms with E-state index in [1.807, 2.05) is 0 Å². The molecule has 2 N–H and O–H groups in total. The van der Waals surface area contributed by atoms with E-state index in [-0.39, 0.29) is 12.1 Å². The second-order valence-electron chi connectivity index (χ2n) is 3.77. The Balaban J connectivity index is 3.14. The number of terminal acetylenes is 1.